The molecule has 0 saturated heterocycles. The second-order valence-electron chi connectivity index (χ2n) is 4.01. The van der Waals surface area contributed by atoms with Gasteiger partial charge in [0.25, 0.3) is 0 Å². The summed E-state index contributed by atoms with van der Waals surface area (Å²) in [7, 11) is 0. The van der Waals surface area contributed by atoms with E-state index in [9.17, 15) is 9.90 Å². The largest absolute Gasteiger partial charge is 0.507 e. The Kier molecular flexibility index (Phi) is 6.36. The van der Waals surface area contributed by atoms with E-state index in [4.69, 9.17) is 0 Å². The molecule has 0 spiro atoms. The number of anilines is 1. The van der Waals surface area contributed by atoms with Crippen molar-refractivity contribution in [2.75, 3.05) is 24.6 Å². The fourth-order valence-electron chi connectivity index (χ4n) is 1.74. The average Bonchev–Trinajstić information content (AvgIpc) is 2.43. The number of amides is 1. The summed E-state index contributed by atoms with van der Waals surface area (Å²) in [5.74, 6) is 0.115. The lowest BCUT2D eigenvalue weighted by Crippen LogP contribution is -2.21. The summed E-state index contributed by atoms with van der Waals surface area (Å²) in [5, 5.41) is 13.7. The summed E-state index contributed by atoms with van der Waals surface area (Å²) in [4.78, 5) is 13.1. The van der Waals surface area contributed by atoms with Gasteiger partial charge in [-0.15, -0.1) is 0 Å². The fourth-order valence-corrected chi connectivity index (χ4v) is 1.74. The molecule has 2 N–H and O–H groups in total. The minimum atomic E-state index is -0.622. The fraction of sp³-hybridized carbons (Fsp3) is 0.429. The Morgan fingerprint density at radius 1 is 1.40 bits per heavy atom. The van der Waals surface area contributed by atoms with E-state index in [-0.39, 0.29) is 12.4 Å². The number of ether oxygens (including phenoxy) is 1. The van der Waals surface area contributed by atoms with Crippen LogP contribution in [0.1, 0.15) is 26.3 Å². The Hall–Kier alpha value is -2.24. The molecule has 6 nitrogen and oxygen atoms in total. The highest BCUT2D eigenvalue weighted by Crippen LogP contribution is 2.23. The van der Waals surface area contributed by atoms with Crippen LogP contribution in [-0.2, 0) is 4.74 Å². The molecule has 0 aliphatic heterocycles. The molecule has 20 heavy (non-hydrogen) atoms. The van der Waals surface area contributed by atoms with Gasteiger partial charge in [0.2, 0.25) is 0 Å². The van der Waals surface area contributed by atoms with Gasteiger partial charge in [0.15, 0.2) is 0 Å². The Morgan fingerprint density at radius 2 is 2.10 bits per heavy atom. The summed E-state index contributed by atoms with van der Waals surface area (Å²) >= 11 is 0. The van der Waals surface area contributed by atoms with Gasteiger partial charge in [-0.3, -0.25) is 0 Å². The zero-order valence-corrected chi connectivity index (χ0v) is 12.1. The number of benzene rings is 1. The number of carbonyl (C=O) groups is 1. The number of hydrazone groups is 1. The number of nitrogens with one attached hydrogen (secondary N) is 1. The normalized spacial score (nSPS) is 10.6. The Labute approximate surface area is 119 Å². The number of hydrogen-bond donors (Lipinski definition) is 2. The zero-order chi connectivity index (χ0) is 15.0. The molecular formula is C14H21N3O3. The summed E-state index contributed by atoms with van der Waals surface area (Å²) in [6.07, 6.45) is 0.751. The molecule has 0 aromatic heterocycles. The second-order valence-corrected chi connectivity index (χ2v) is 4.01. The molecule has 0 aliphatic rings. The van der Waals surface area contributed by atoms with Crippen molar-refractivity contribution in [3.05, 3.63) is 23.8 Å². The quantitative estimate of drug-likeness (QED) is 0.619. The number of nitrogens with zero attached hydrogens (tertiary/aromatic N) is 2. The van der Waals surface area contributed by atoms with Crippen molar-refractivity contribution in [2.24, 2.45) is 5.10 Å². The summed E-state index contributed by atoms with van der Waals surface area (Å²) in [5.41, 5.74) is 3.68. The molecule has 1 aromatic carbocycles. The Morgan fingerprint density at radius 3 is 2.65 bits per heavy atom. The third-order valence-corrected chi connectivity index (χ3v) is 2.78. The second kappa shape index (κ2) is 8.04. The van der Waals surface area contributed by atoms with Gasteiger partial charge in [-0.1, -0.05) is 0 Å². The maximum atomic E-state index is 11.0. The zero-order valence-electron chi connectivity index (χ0n) is 12.1. The smallest absolute Gasteiger partial charge is 0.427 e. The van der Waals surface area contributed by atoms with Gasteiger partial charge in [-0.25, -0.2) is 10.2 Å². The summed E-state index contributed by atoms with van der Waals surface area (Å²) < 4.78 is 4.66. The van der Waals surface area contributed by atoms with E-state index in [1.807, 2.05) is 6.07 Å². The molecule has 0 heterocycles. The van der Waals surface area contributed by atoms with Crippen LogP contribution in [0.15, 0.2) is 23.3 Å². The van der Waals surface area contributed by atoms with Crippen LogP contribution in [0.4, 0.5) is 10.5 Å². The molecule has 0 atom stereocenters. The van der Waals surface area contributed by atoms with E-state index >= 15 is 0 Å². The number of hydrogen-bond acceptors (Lipinski definition) is 5. The first-order chi connectivity index (χ1) is 9.62. The minimum absolute atomic E-state index is 0.115. The van der Waals surface area contributed by atoms with Gasteiger partial charge in [-0.05, 0) is 32.9 Å². The van der Waals surface area contributed by atoms with Crippen LogP contribution in [0, 0.1) is 0 Å². The predicted molar refractivity (Wildman–Crippen MR) is 79.4 cm³/mol. The summed E-state index contributed by atoms with van der Waals surface area (Å²) in [6, 6.07) is 5.33. The van der Waals surface area contributed by atoms with Crippen molar-refractivity contribution < 1.29 is 14.6 Å². The Balaban J connectivity index is 2.73. The molecule has 0 unspecified atom stereocenters. The van der Waals surface area contributed by atoms with Gasteiger partial charge in [0.1, 0.15) is 5.75 Å². The first-order valence-electron chi connectivity index (χ1n) is 6.66. The van der Waals surface area contributed by atoms with Crippen LogP contribution >= 0.6 is 0 Å². The van der Waals surface area contributed by atoms with E-state index < -0.39 is 6.09 Å². The first-order valence-corrected chi connectivity index (χ1v) is 6.66. The third-order valence-electron chi connectivity index (χ3n) is 2.78. The lowest BCUT2D eigenvalue weighted by molar-refractivity contribution is 0.152. The Bertz CT molecular complexity index is 471. The molecule has 1 rings (SSSR count). The molecule has 110 valence electrons. The van der Waals surface area contributed by atoms with Gasteiger partial charge in [-0.2, -0.15) is 5.10 Å². The van der Waals surface area contributed by atoms with E-state index in [1.165, 1.54) is 6.21 Å². The van der Waals surface area contributed by atoms with Crippen molar-refractivity contribution >= 4 is 18.0 Å². The number of phenols is 1. The number of carbonyl (C=O) groups excluding carboxylic acids is 1. The molecule has 0 fully saturated rings. The van der Waals surface area contributed by atoms with Crippen LogP contribution in [0.3, 0.4) is 0 Å². The molecule has 1 amide bonds. The van der Waals surface area contributed by atoms with Crippen LogP contribution in [0.2, 0.25) is 0 Å². The predicted octanol–water partition coefficient (Wildman–Crippen LogP) is 2.32. The molecule has 1 aromatic rings. The van der Waals surface area contributed by atoms with Crippen LogP contribution in [0.5, 0.6) is 5.75 Å². The summed E-state index contributed by atoms with van der Waals surface area (Å²) in [6.45, 7) is 7.84. The highest BCUT2D eigenvalue weighted by molar-refractivity contribution is 5.85. The monoisotopic (exact) mass is 279 g/mol. The van der Waals surface area contributed by atoms with Crippen molar-refractivity contribution in [1.29, 1.82) is 0 Å². The van der Waals surface area contributed by atoms with E-state index in [2.05, 4.69) is 34.0 Å². The van der Waals surface area contributed by atoms with E-state index in [0.717, 1.165) is 18.8 Å². The van der Waals surface area contributed by atoms with Crippen molar-refractivity contribution in [1.82, 2.24) is 5.43 Å². The van der Waals surface area contributed by atoms with Crippen LogP contribution in [-0.4, -0.2) is 37.1 Å². The number of aromatic hydroxyl groups is 1. The highest BCUT2D eigenvalue weighted by Gasteiger charge is 2.05. The molecule has 0 radical (unpaired) electrons. The lowest BCUT2D eigenvalue weighted by atomic mass is 10.2. The average molecular weight is 279 g/mol. The van der Waals surface area contributed by atoms with E-state index in [1.54, 1.807) is 19.1 Å². The SMILES string of the molecule is CCOC(=O)N/N=C/c1ccc(N(CC)CC)cc1O. The molecule has 6 heteroatoms. The minimum Gasteiger partial charge on any atom is -0.507 e. The van der Waals surface area contributed by atoms with Crippen LogP contribution < -0.4 is 10.3 Å². The van der Waals surface area contributed by atoms with E-state index in [0.29, 0.717) is 5.56 Å². The topological polar surface area (TPSA) is 74.2 Å². The first kappa shape index (κ1) is 15.8. The maximum Gasteiger partial charge on any atom is 0.427 e. The maximum absolute atomic E-state index is 11.0. The van der Waals surface area contributed by atoms with Gasteiger partial charge >= 0.3 is 6.09 Å². The highest BCUT2D eigenvalue weighted by atomic mass is 16.5. The standard InChI is InChI=1S/C14H21N3O3/c1-4-17(5-2)12-8-7-11(13(18)9-12)10-15-16-14(19)20-6-3/h7-10,18H,4-6H2,1-3H3,(H,16,19)/b15-10+. The molecular weight excluding hydrogens is 258 g/mol. The van der Waals surface area contributed by atoms with Gasteiger partial charge < -0.3 is 14.7 Å². The molecule has 0 bridgehead atoms. The molecule has 0 aliphatic carbocycles. The third kappa shape index (κ3) is 4.46. The number of rotatable bonds is 6. The lowest BCUT2D eigenvalue weighted by Gasteiger charge is -2.21. The number of phenolic OH excluding ortho intramolecular Hbond substituents is 1. The van der Waals surface area contributed by atoms with Crippen molar-refractivity contribution in [2.45, 2.75) is 20.8 Å². The molecule has 0 saturated carbocycles. The van der Waals surface area contributed by atoms with Gasteiger partial charge in [0.05, 0.1) is 12.8 Å². The van der Waals surface area contributed by atoms with Gasteiger partial charge in [0, 0.05) is 30.4 Å². The van der Waals surface area contributed by atoms with Crippen LogP contribution in [0.25, 0.3) is 0 Å². The van der Waals surface area contributed by atoms with Crippen molar-refractivity contribution in [3.63, 3.8) is 0 Å². The van der Waals surface area contributed by atoms with Crippen molar-refractivity contribution in [3.8, 4) is 5.75 Å².